The second kappa shape index (κ2) is 7.09. The Bertz CT molecular complexity index is 1040. The van der Waals surface area contributed by atoms with Gasteiger partial charge in [-0.1, -0.05) is 23.5 Å². The second-order valence-corrected chi connectivity index (χ2v) is 8.44. The van der Waals surface area contributed by atoms with Crippen molar-refractivity contribution in [2.75, 3.05) is 25.1 Å². The number of hydrogen-bond donors (Lipinski definition) is 0. The predicted molar refractivity (Wildman–Crippen MR) is 111 cm³/mol. The molecule has 1 saturated heterocycles. The Morgan fingerprint density at radius 3 is 2.79 bits per heavy atom. The van der Waals surface area contributed by atoms with E-state index in [4.69, 9.17) is 14.5 Å². The highest BCUT2D eigenvalue weighted by Crippen LogP contribution is 2.36. The lowest BCUT2D eigenvalue weighted by atomic mass is 9.90. The zero-order chi connectivity index (χ0) is 19.1. The Labute approximate surface area is 167 Å². The number of rotatable bonds is 4. The molecule has 6 heteroatoms. The minimum Gasteiger partial charge on any atom is -0.494 e. The number of para-hydroxylation sites is 1. The van der Waals surface area contributed by atoms with Gasteiger partial charge in [0.25, 0.3) is 0 Å². The van der Waals surface area contributed by atoms with Crippen molar-refractivity contribution in [3.8, 4) is 5.75 Å². The van der Waals surface area contributed by atoms with Crippen molar-refractivity contribution in [3.63, 3.8) is 0 Å². The van der Waals surface area contributed by atoms with E-state index in [9.17, 15) is 4.79 Å². The first-order chi connectivity index (χ1) is 13.7. The molecule has 1 aliphatic heterocycles. The van der Waals surface area contributed by atoms with Crippen LogP contribution in [0.3, 0.4) is 0 Å². The average Bonchev–Trinajstić information content (AvgIpc) is 3.13. The van der Waals surface area contributed by atoms with Gasteiger partial charge in [-0.2, -0.15) is 0 Å². The number of aromatic nitrogens is 1. The van der Waals surface area contributed by atoms with E-state index in [1.807, 2.05) is 30.3 Å². The van der Waals surface area contributed by atoms with Gasteiger partial charge in [0.05, 0.1) is 30.5 Å². The summed E-state index contributed by atoms with van der Waals surface area (Å²) in [6.07, 6.45) is 4.55. The molecule has 0 saturated carbocycles. The van der Waals surface area contributed by atoms with Crippen molar-refractivity contribution in [3.05, 3.63) is 53.1 Å². The fourth-order valence-corrected chi connectivity index (χ4v) is 4.96. The molecule has 1 aliphatic carbocycles. The molecule has 0 atom stereocenters. The molecule has 28 heavy (non-hydrogen) atoms. The van der Waals surface area contributed by atoms with Gasteiger partial charge in [0.1, 0.15) is 17.4 Å². The van der Waals surface area contributed by atoms with E-state index in [0.717, 1.165) is 33.9 Å². The molecule has 2 heterocycles. The lowest BCUT2D eigenvalue weighted by Crippen LogP contribution is -2.53. The number of hydrogen-bond acceptors (Lipinski definition) is 6. The summed E-state index contributed by atoms with van der Waals surface area (Å²) in [6.45, 7) is 1.36. The highest BCUT2D eigenvalue weighted by atomic mass is 32.1. The normalized spacial score (nSPS) is 16.5. The molecule has 0 N–H and O–H groups in total. The first-order valence-electron chi connectivity index (χ1n) is 9.72. The van der Waals surface area contributed by atoms with Crippen LogP contribution in [0.1, 0.15) is 34.3 Å². The van der Waals surface area contributed by atoms with E-state index in [1.54, 1.807) is 18.4 Å². The first kappa shape index (κ1) is 17.5. The van der Waals surface area contributed by atoms with Crippen LogP contribution in [0.5, 0.6) is 5.75 Å². The molecule has 0 bridgehead atoms. The van der Waals surface area contributed by atoms with Gasteiger partial charge in [-0.05, 0) is 61.1 Å². The summed E-state index contributed by atoms with van der Waals surface area (Å²) in [4.78, 5) is 19.4. The maximum Gasteiger partial charge on any atom is 0.338 e. The molecule has 2 aliphatic rings. The van der Waals surface area contributed by atoms with Crippen LogP contribution in [0.25, 0.3) is 10.2 Å². The van der Waals surface area contributed by atoms with Gasteiger partial charge < -0.3 is 14.4 Å². The monoisotopic (exact) mass is 394 g/mol. The van der Waals surface area contributed by atoms with Crippen LogP contribution < -0.4 is 9.64 Å². The third-order valence-corrected chi connectivity index (χ3v) is 6.65. The first-order valence-corrected chi connectivity index (χ1v) is 10.5. The predicted octanol–water partition coefficient (Wildman–Crippen LogP) is 4.23. The summed E-state index contributed by atoms with van der Waals surface area (Å²) < 4.78 is 12.2. The number of thiazole rings is 1. The minimum absolute atomic E-state index is 0.0857. The van der Waals surface area contributed by atoms with Crippen LogP contribution in [-0.2, 0) is 17.6 Å². The zero-order valence-electron chi connectivity index (χ0n) is 15.8. The lowest BCUT2D eigenvalue weighted by Gasteiger charge is -2.38. The standard InChI is InChI=1S/C22H22N2O3S/c1-26-18-7-4-8-19-20(18)23-22(28-19)24-12-17(13-24)27-21(25)16-10-9-14-5-2-3-6-15(14)11-16/h4,7-11,17H,2-3,5-6,12-13H2,1H3. The average molecular weight is 394 g/mol. The van der Waals surface area contributed by atoms with E-state index < -0.39 is 0 Å². The number of nitrogens with zero attached hydrogens (tertiary/aromatic N) is 2. The fraction of sp³-hybridized carbons (Fsp3) is 0.364. The van der Waals surface area contributed by atoms with Gasteiger partial charge in [0.15, 0.2) is 5.13 Å². The molecule has 3 aromatic rings. The summed E-state index contributed by atoms with van der Waals surface area (Å²) in [5.41, 5.74) is 4.24. The molecule has 144 valence electrons. The van der Waals surface area contributed by atoms with Crippen LogP contribution in [0, 0.1) is 0 Å². The van der Waals surface area contributed by atoms with Crippen LogP contribution in [0.4, 0.5) is 5.13 Å². The van der Waals surface area contributed by atoms with Crippen LogP contribution in [-0.4, -0.2) is 37.3 Å². The fourth-order valence-electron chi connectivity index (χ4n) is 3.96. The number of aryl methyl sites for hydroxylation is 2. The number of methoxy groups -OCH3 is 1. The van der Waals surface area contributed by atoms with E-state index in [0.29, 0.717) is 18.7 Å². The maximum absolute atomic E-state index is 12.5. The molecule has 1 fully saturated rings. The van der Waals surface area contributed by atoms with Gasteiger partial charge in [0.2, 0.25) is 0 Å². The van der Waals surface area contributed by atoms with Gasteiger partial charge in [-0.3, -0.25) is 0 Å². The van der Waals surface area contributed by atoms with Crippen molar-refractivity contribution >= 4 is 32.7 Å². The Balaban J connectivity index is 1.23. The summed E-state index contributed by atoms with van der Waals surface area (Å²) in [5.74, 6) is 0.569. The number of benzene rings is 2. The molecule has 5 nitrogen and oxygen atoms in total. The quantitative estimate of drug-likeness (QED) is 0.620. The van der Waals surface area contributed by atoms with Gasteiger partial charge >= 0.3 is 5.97 Å². The number of fused-ring (bicyclic) bond motifs is 2. The molecule has 0 spiro atoms. The smallest absolute Gasteiger partial charge is 0.338 e. The van der Waals surface area contributed by atoms with Crippen molar-refractivity contribution in [1.82, 2.24) is 4.98 Å². The van der Waals surface area contributed by atoms with Gasteiger partial charge in [-0.25, -0.2) is 9.78 Å². The molecule has 1 aromatic heterocycles. The summed E-state index contributed by atoms with van der Waals surface area (Å²) >= 11 is 1.64. The van der Waals surface area contributed by atoms with E-state index in [1.165, 1.54) is 24.0 Å². The van der Waals surface area contributed by atoms with Crippen LogP contribution in [0.2, 0.25) is 0 Å². The zero-order valence-corrected chi connectivity index (χ0v) is 16.6. The minimum atomic E-state index is -0.219. The van der Waals surface area contributed by atoms with Crippen molar-refractivity contribution in [2.24, 2.45) is 0 Å². The van der Waals surface area contributed by atoms with E-state index in [-0.39, 0.29) is 12.1 Å². The van der Waals surface area contributed by atoms with E-state index >= 15 is 0 Å². The Kier molecular flexibility index (Phi) is 4.43. The molecule has 5 rings (SSSR count). The van der Waals surface area contributed by atoms with Crippen molar-refractivity contribution in [2.45, 2.75) is 31.8 Å². The molecule has 0 unspecified atom stereocenters. The largest absolute Gasteiger partial charge is 0.494 e. The van der Waals surface area contributed by atoms with E-state index in [2.05, 4.69) is 11.0 Å². The molecule has 0 radical (unpaired) electrons. The molecule has 0 amide bonds. The molecule has 2 aromatic carbocycles. The van der Waals surface area contributed by atoms with Gasteiger partial charge in [0, 0.05) is 0 Å². The maximum atomic E-state index is 12.5. The number of esters is 1. The van der Waals surface area contributed by atoms with Crippen LogP contribution in [0.15, 0.2) is 36.4 Å². The Hall–Kier alpha value is -2.60. The molecular formula is C22H22N2O3S. The third-order valence-electron chi connectivity index (χ3n) is 5.57. The number of carbonyl (C=O) groups excluding carboxylic acids is 1. The highest BCUT2D eigenvalue weighted by Gasteiger charge is 2.32. The summed E-state index contributed by atoms with van der Waals surface area (Å²) in [5, 5.41) is 0.945. The summed E-state index contributed by atoms with van der Waals surface area (Å²) in [7, 11) is 1.66. The number of carbonyl (C=O) groups is 1. The lowest BCUT2D eigenvalue weighted by molar-refractivity contribution is 0.0234. The Morgan fingerprint density at radius 2 is 1.96 bits per heavy atom. The molecular weight excluding hydrogens is 372 g/mol. The SMILES string of the molecule is COc1cccc2sc(N3CC(OC(=O)c4ccc5c(c4)CCCC5)C3)nc12. The highest BCUT2D eigenvalue weighted by molar-refractivity contribution is 7.22. The van der Waals surface area contributed by atoms with Crippen molar-refractivity contribution in [1.29, 1.82) is 0 Å². The number of ether oxygens (including phenoxy) is 2. The Morgan fingerprint density at radius 1 is 1.14 bits per heavy atom. The number of anilines is 1. The third kappa shape index (κ3) is 3.11. The second-order valence-electron chi connectivity index (χ2n) is 7.43. The summed E-state index contributed by atoms with van der Waals surface area (Å²) in [6, 6.07) is 12.0. The van der Waals surface area contributed by atoms with Gasteiger partial charge in [-0.15, -0.1) is 0 Å². The van der Waals surface area contributed by atoms with Crippen LogP contribution >= 0.6 is 11.3 Å². The van der Waals surface area contributed by atoms with Crippen molar-refractivity contribution < 1.29 is 14.3 Å². The topological polar surface area (TPSA) is 51.7 Å².